The molecule has 0 bridgehead atoms. The van der Waals surface area contributed by atoms with Gasteiger partial charge in [0.1, 0.15) is 0 Å². The van der Waals surface area contributed by atoms with Gasteiger partial charge in [-0.1, -0.05) is 13.8 Å². The van der Waals surface area contributed by atoms with E-state index >= 15 is 0 Å². The Morgan fingerprint density at radius 3 is 2.82 bits per heavy atom. The van der Waals surface area contributed by atoms with Crippen LogP contribution < -0.4 is 5.73 Å². The second-order valence-electron chi connectivity index (χ2n) is 4.12. The van der Waals surface area contributed by atoms with E-state index < -0.39 is 0 Å². The lowest BCUT2D eigenvalue weighted by molar-refractivity contribution is 0.644. The van der Waals surface area contributed by atoms with Crippen molar-refractivity contribution >= 4 is 22.7 Å². The fourth-order valence-corrected chi connectivity index (χ4v) is 3.46. The van der Waals surface area contributed by atoms with Crippen LogP contribution in [0.25, 0.3) is 10.6 Å². The van der Waals surface area contributed by atoms with Crippen LogP contribution in [0.1, 0.15) is 30.2 Å². The van der Waals surface area contributed by atoms with Gasteiger partial charge in [-0.2, -0.15) is 0 Å². The number of thiazole rings is 1. The summed E-state index contributed by atoms with van der Waals surface area (Å²) in [5.41, 5.74) is 7.06. The molecule has 4 heteroatoms. The van der Waals surface area contributed by atoms with Gasteiger partial charge in [-0.05, 0) is 25.0 Å². The molecule has 0 saturated heterocycles. The highest BCUT2D eigenvalue weighted by Gasteiger charge is 2.09. The zero-order valence-corrected chi connectivity index (χ0v) is 11.9. The third kappa shape index (κ3) is 3.15. The van der Waals surface area contributed by atoms with E-state index in [2.05, 4.69) is 36.3 Å². The molecule has 2 heterocycles. The molecule has 2 nitrogen and oxygen atoms in total. The monoisotopic (exact) mass is 266 g/mol. The number of aryl methyl sites for hydroxylation is 1. The molecule has 92 valence electrons. The average Bonchev–Trinajstić information content (AvgIpc) is 2.96. The smallest absolute Gasteiger partial charge is 0.0948 e. The van der Waals surface area contributed by atoms with Gasteiger partial charge in [0, 0.05) is 22.7 Å². The standard InChI is InChI=1S/C13H18N2S2/c1-3-9(14)7-13-15-11(8-16-13)12-6-5-10(4-2)17-12/h5-6,8-9H,3-4,7,14H2,1-2H3. The molecule has 0 aromatic carbocycles. The molecular weight excluding hydrogens is 248 g/mol. The quantitative estimate of drug-likeness (QED) is 0.896. The zero-order chi connectivity index (χ0) is 12.3. The number of rotatable bonds is 5. The molecule has 0 amide bonds. The van der Waals surface area contributed by atoms with Gasteiger partial charge in [0.05, 0.1) is 15.6 Å². The van der Waals surface area contributed by atoms with E-state index in [9.17, 15) is 0 Å². The normalized spacial score (nSPS) is 12.9. The van der Waals surface area contributed by atoms with Crippen LogP contribution in [0.2, 0.25) is 0 Å². The Labute approximate surface area is 111 Å². The van der Waals surface area contributed by atoms with Crippen molar-refractivity contribution in [3.8, 4) is 10.6 Å². The maximum Gasteiger partial charge on any atom is 0.0948 e. The Hall–Kier alpha value is -0.710. The molecular formula is C13H18N2S2. The van der Waals surface area contributed by atoms with E-state index in [0.29, 0.717) is 0 Å². The summed E-state index contributed by atoms with van der Waals surface area (Å²) < 4.78 is 0. The van der Waals surface area contributed by atoms with Crippen molar-refractivity contribution in [2.24, 2.45) is 5.73 Å². The average molecular weight is 266 g/mol. The molecule has 17 heavy (non-hydrogen) atoms. The van der Waals surface area contributed by atoms with Crippen molar-refractivity contribution in [3.63, 3.8) is 0 Å². The van der Waals surface area contributed by atoms with Gasteiger partial charge in [0.15, 0.2) is 0 Å². The van der Waals surface area contributed by atoms with Crippen LogP contribution in [0, 0.1) is 0 Å². The first-order valence-corrected chi connectivity index (χ1v) is 7.71. The SMILES string of the molecule is CCc1ccc(-c2csc(CC(N)CC)n2)s1. The summed E-state index contributed by atoms with van der Waals surface area (Å²) in [4.78, 5) is 7.35. The van der Waals surface area contributed by atoms with Crippen LogP contribution in [0.4, 0.5) is 0 Å². The Kier molecular flexibility index (Phi) is 4.31. The van der Waals surface area contributed by atoms with Crippen LogP contribution in [0.3, 0.4) is 0 Å². The molecule has 2 N–H and O–H groups in total. The van der Waals surface area contributed by atoms with E-state index in [4.69, 9.17) is 5.73 Å². The summed E-state index contributed by atoms with van der Waals surface area (Å²) in [5, 5.41) is 3.30. The van der Waals surface area contributed by atoms with Gasteiger partial charge in [0.25, 0.3) is 0 Å². The summed E-state index contributed by atoms with van der Waals surface area (Å²) in [6, 6.07) is 4.60. The Bertz CT molecular complexity index is 473. The minimum absolute atomic E-state index is 0.239. The fraction of sp³-hybridized carbons (Fsp3) is 0.462. The minimum atomic E-state index is 0.239. The maximum atomic E-state index is 5.95. The number of nitrogens with zero attached hydrogens (tertiary/aromatic N) is 1. The molecule has 0 radical (unpaired) electrons. The summed E-state index contributed by atoms with van der Waals surface area (Å²) in [6.45, 7) is 4.30. The molecule has 2 aromatic heterocycles. The highest BCUT2D eigenvalue weighted by Crippen LogP contribution is 2.29. The molecule has 0 spiro atoms. The first-order chi connectivity index (χ1) is 8.22. The topological polar surface area (TPSA) is 38.9 Å². The summed E-state index contributed by atoms with van der Waals surface area (Å²) in [6.07, 6.45) is 3.00. The van der Waals surface area contributed by atoms with E-state index in [0.717, 1.165) is 30.0 Å². The molecule has 0 saturated carbocycles. The third-order valence-electron chi connectivity index (χ3n) is 2.78. The lowest BCUT2D eigenvalue weighted by atomic mass is 10.2. The van der Waals surface area contributed by atoms with E-state index in [1.807, 2.05) is 11.3 Å². The van der Waals surface area contributed by atoms with Gasteiger partial charge in [-0.3, -0.25) is 0 Å². The molecule has 1 atom stereocenters. The number of nitrogens with two attached hydrogens (primary N) is 1. The fourth-order valence-electron chi connectivity index (χ4n) is 1.59. The molecule has 2 rings (SSSR count). The van der Waals surface area contributed by atoms with Crippen molar-refractivity contribution in [3.05, 3.63) is 27.4 Å². The molecule has 0 aliphatic carbocycles. The van der Waals surface area contributed by atoms with E-state index in [1.165, 1.54) is 9.75 Å². The highest BCUT2D eigenvalue weighted by atomic mass is 32.1. The third-order valence-corrected chi connectivity index (χ3v) is 4.90. The maximum absolute atomic E-state index is 5.95. The first kappa shape index (κ1) is 12.7. The van der Waals surface area contributed by atoms with Crippen LogP contribution >= 0.6 is 22.7 Å². The molecule has 0 fully saturated rings. The van der Waals surface area contributed by atoms with Crippen LogP contribution in [0.15, 0.2) is 17.5 Å². The number of thiophene rings is 1. The van der Waals surface area contributed by atoms with Gasteiger partial charge in [0.2, 0.25) is 0 Å². The van der Waals surface area contributed by atoms with Gasteiger partial charge < -0.3 is 5.73 Å². The molecule has 0 aliphatic rings. The van der Waals surface area contributed by atoms with Gasteiger partial charge in [-0.25, -0.2) is 4.98 Å². The Morgan fingerprint density at radius 2 is 2.18 bits per heavy atom. The second-order valence-corrected chi connectivity index (χ2v) is 6.23. The van der Waals surface area contributed by atoms with Crippen molar-refractivity contribution in [1.82, 2.24) is 4.98 Å². The van der Waals surface area contributed by atoms with Crippen molar-refractivity contribution < 1.29 is 0 Å². The molecule has 0 aliphatic heterocycles. The highest BCUT2D eigenvalue weighted by molar-refractivity contribution is 7.16. The number of aromatic nitrogens is 1. The van der Waals surface area contributed by atoms with Crippen LogP contribution in [-0.4, -0.2) is 11.0 Å². The Balaban J connectivity index is 2.12. The summed E-state index contributed by atoms with van der Waals surface area (Å²) >= 11 is 3.56. The lowest BCUT2D eigenvalue weighted by Gasteiger charge is -2.04. The van der Waals surface area contributed by atoms with Crippen molar-refractivity contribution in [2.45, 2.75) is 39.2 Å². The van der Waals surface area contributed by atoms with Gasteiger partial charge >= 0.3 is 0 Å². The summed E-state index contributed by atoms with van der Waals surface area (Å²) in [5.74, 6) is 0. The first-order valence-electron chi connectivity index (χ1n) is 6.02. The van der Waals surface area contributed by atoms with E-state index in [1.54, 1.807) is 11.3 Å². The molecule has 1 unspecified atom stereocenters. The van der Waals surface area contributed by atoms with Crippen molar-refractivity contribution in [2.75, 3.05) is 0 Å². The van der Waals surface area contributed by atoms with Crippen molar-refractivity contribution in [1.29, 1.82) is 0 Å². The largest absolute Gasteiger partial charge is 0.327 e. The van der Waals surface area contributed by atoms with Crippen LogP contribution in [-0.2, 0) is 12.8 Å². The number of hydrogen-bond donors (Lipinski definition) is 1. The van der Waals surface area contributed by atoms with Crippen LogP contribution in [0.5, 0.6) is 0 Å². The second kappa shape index (κ2) is 5.76. The summed E-state index contributed by atoms with van der Waals surface area (Å²) in [7, 11) is 0. The predicted octanol–water partition coefficient (Wildman–Crippen LogP) is 3.71. The Morgan fingerprint density at radius 1 is 1.35 bits per heavy atom. The number of hydrogen-bond acceptors (Lipinski definition) is 4. The molecule has 2 aromatic rings. The predicted molar refractivity (Wildman–Crippen MR) is 76.8 cm³/mol. The minimum Gasteiger partial charge on any atom is -0.327 e. The lowest BCUT2D eigenvalue weighted by Crippen LogP contribution is -2.21. The zero-order valence-electron chi connectivity index (χ0n) is 10.3. The van der Waals surface area contributed by atoms with Gasteiger partial charge in [-0.15, -0.1) is 22.7 Å². The van der Waals surface area contributed by atoms with E-state index in [-0.39, 0.29) is 6.04 Å².